The summed E-state index contributed by atoms with van der Waals surface area (Å²) in [6, 6.07) is 75.7. The largest absolute Gasteiger partial charge is 0.289 e. The second-order valence-electron chi connectivity index (χ2n) is 14.6. The molecule has 6 atom stereocenters. The van der Waals surface area contributed by atoms with E-state index < -0.39 is 0 Å². The fraction of sp³-hybridized carbons (Fsp3) is 0.160. The lowest BCUT2D eigenvalue weighted by Gasteiger charge is -2.32. The van der Waals surface area contributed by atoms with Crippen molar-refractivity contribution in [2.45, 2.75) is 49.6 Å². The molecule has 0 aliphatic carbocycles. The molecule has 2 saturated heterocycles. The monoisotopic (exact) mass is 702 g/mol. The number of hydrogen-bond donors (Lipinski definition) is 2. The molecule has 0 spiro atoms. The SMILES string of the molecule is c1ccc(CN2[C@@H](c3cccc([C@H]4N[C@H](c5ccccc5)[C@@H](c5ccccc5)N4Cc4ccccc4)c3)N[C@H](c3ccccc3)[C@H]2c2ccccc2)cc1. The van der Waals surface area contributed by atoms with Gasteiger partial charge in [0.25, 0.3) is 0 Å². The van der Waals surface area contributed by atoms with Gasteiger partial charge in [0.15, 0.2) is 0 Å². The molecule has 4 heteroatoms. The standard InChI is InChI=1S/C50H46N4/c1-7-20-37(21-8-1)35-53-47(41-28-15-5-16-29-41)45(39-24-11-3-12-25-39)51-49(53)43-32-19-33-44(34-43)50-52-46(40-26-13-4-14-27-40)48(42-30-17-6-18-31-42)54(50)36-38-22-9-2-10-23-38/h1-34,45-52H,35-36H2/t45-,46-,47-,48-,49+,50+/m1/s1. The molecule has 2 heterocycles. The molecule has 0 aromatic heterocycles. The molecule has 7 aromatic carbocycles. The minimum Gasteiger partial charge on any atom is -0.289 e. The molecular weight excluding hydrogens is 657 g/mol. The first-order chi connectivity index (χ1) is 26.8. The summed E-state index contributed by atoms with van der Waals surface area (Å²) >= 11 is 0. The summed E-state index contributed by atoms with van der Waals surface area (Å²) in [6.45, 7) is 1.64. The predicted octanol–water partition coefficient (Wildman–Crippen LogP) is 10.9. The van der Waals surface area contributed by atoms with E-state index in [2.05, 4.69) is 227 Å². The normalized spacial score (nSPS) is 23.0. The van der Waals surface area contributed by atoms with Gasteiger partial charge in [-0.2, -0.15) is 0 Å². The summed E-state index contributed by atoms with van der Waals surface area (Å²) in [5.41, 5.74) is 10.4. The number of nitrogens with zero attached hydrogens (tertiary/aromatic N) is 2. The highest BCUT2D eigenvalue weighted by atomic mass is 15.4. The molecule has 2 N–H and O–H groups in total. The van der Waals surface area contributed by atoms with Gasteiger partial charge in [0, 0.05) is 13.1 Å². The molecule has 266 valence electrons. The van der Waals surface area contributed by atoms with Gasteiger partial charge in [-0.25, -0.2) is 0 Å². The van der Waals surface area contributed by atoms with Crippen molar-refractivity contribution in [3.8, 4) is 0 Å². The Morgan fingerprint density at radius 1 is 0.315 bits per heavy atom. The molecule has 7 aromatic rings. The molecule has 9 rings (SSSR count). The zero-order chi connectivity index (χ0) is 36.1. The third kappa shape index (κ3) is 7.05. The van der Waals surface area contributed by atoms with E-state index in [1.165, 1.54) is 44.5 Å². The maximum absolute atomic E-state index is 4.17. The molecule has 0 amide bonds. The maximum atomic E-state index is 4.17. The Morgan fingerprint density at radius 3 is 0.963 bits per heavy atom. The summed E-state index contributed by atoms with van der Waals surface area (Å²) < 4.78 is 0. The van der Waals surface area contributed by atoms with E-state index in [0.29, 0.717) is 0 Å². The van der Waals surface area contributed by atoms with Gasteiger partial charge in [0.1, 0.15) is 0 Å². The quantitative estimate of drug-likeness (QED) is 0.149. The van der Waals surface area contributed by atoms with Crippen molar-refractivity contribution in [3.05, 3.63) is 251 Å². The van der Waals surface area contributed by atoms with Gasteiger partial charge in [-0.3, -0.25) is 20.4 Å². The first-order valence-electron chi connectivity index (χ1n) is 19.2. The predicted molar refractivity (Wildman–Crippen MR) is 219 cm³/mol. The molecule has 0 radical (unpaired) electrons. The highest BCUT2D eigenvalue weighted by Gasteiger charge is 2.45. The Morgan fingerprint density at radius 2 is 0.611 bits per heavy atom. The van der Waals surface area contributed by atoms with Gasteiger partial charge >= 0.3 is 0 Å². The Labute approximate surface area is 319 Å². The molecule has 4 nitrogen and oxygen atoms in total. The zero-order valence-electron chi connectivity index (χ0n) is 30.4. The van der Waals surface area contributed by atoms with E-state index in [4.69, 9.17) is 0 Å². The summed E-state index contributed by atoms with van der Waals surface area (Å²) in [7, 11) is 0. The molecule has 0 saturated carbocycles. The van der Waals surface area contributed by atoms with Crippen molar-refractivity contribution in [1.82, 2.24) is 20.4 Å². The van der Waals surface area contributed by atoms with Crippen LogP contribution in [0.25, 0.3) is 0 Å². The van der Waals surface area contributed by atoms with Gasteiger partial charge in [0.05, 0.1) is 36.5 Å². The molecule has 54 heavy (non-hydrogen) atoms. The van der Waals surface area contributed by atoms with Crippen LogP contribution in [-0.2, 0) is 13.1 Å². The maximum Gasteiger partial charge on any atom is 0.0874 e. The van der Waals surface area contributed by atoms with E-state index in [1.54, 1.807) is 0 Å². The lowest BCUT2D eigenvalue weighted by atomic mass is 9.93. The van der Waals surface area contributed by atoms with Gasteiger partial charge < -0.3 is 0 Å². The van der Waals surface area contributed by atoms with E-state index in [9.17, 15) is 0 Å². The van der Waals surface area contributed by atoms with Gasteiger partial charge in [-0.1, -0.05) is 200 Å². The average molecular weight is 703 g/mol. The van der Waals surface area contributed by atoms with E-state index in [-0.39, 0.29) is 36.5 Å². The third-order valence-electron chi connectivity index (χ3n) is 11.2. The topological polar surface area (TPSA) is 30.5 Å². The van der Waals surface area contributed by atoms with Gasteiger partial charge in [-0.05, 0) is 50.6 Å². The van der Waals surface area contributed by atoms with Gasteiger partial charge in [0.2, 0.25) is 0 Å². The minimum atomic E-state index is -0.0145. The Bertz CT molecular complexity index is 2060. The molecular formula is C50H46N4. The van der Waals surface area contributed by atoms with Crippen LogP contribution >= 0.6 is 0 Å². The smallest absolute Gasteiger partial charge is 0.0874 e. The second kappa shape index (κ2) is 15.8. The van der Waals surface area contributed by atoms with Crippen LogP contribution in [0.3, 0.4) is 0 Å². The molecule has 2 aliphatic heterocycles. The first kappa shape index (κ1) is 34.2. The van der Waals surface area contributed by atoms with Crippen molar-refractivity contribution >= 4 is 0 Å². The van der Waals surface area contributed by atoms with Crippen molar-refractivity contribution in [2.75, 3.05) is 0 Å². The Hall–Kier alpha value is -5.62. The highest BCUT2D eigenvalue weighted by Crippen LogP contribution is 2.49. The van der Waals surface area contributed by atoms with Crippen molar-refractivity contribution in [2.24, 2.45) is 0 Å². The van der Waals surface area contributed by atoms with E-state index in [0.717, 1.165) is 13.1 Å². The van der Waals surface area contributed by atoms with Crippen molar-refractivity contribution in [3.63, 3.8) is 0 Å². The van der Waals surface area contributed by atoms with E-state index >= 15 is 0 Å². The zero-order valence-corrected chi connectivity index (χ0v) is 30.4. The minimum absolute atomic E-state index is 0.0145. The fourth-order valence-corrected chi connectivity index (χ4v) is 8.81. The Balaban J connectivity index is 1.15. The van der Waals surface area contributed by atoms with Crippen molar-refractivity contribution in [1.29, 1.82) is 0 Å². The molecule has 0 unspecified atom stereocenters. The van der Waals surface area contributed by atoms with Crippen LogP contribution in [-0.4, -0.2) is 9.80 Å². The van der Waals surface area contributed by atoms with Crippen LogP contribution < -0.4 is 10.6 Å². The third-order valence-corrected chi connectivity index (χ3v) is 11.2. The summed E-state index contributed by atoms with van der Waals surface area (Å²) in [5.74, 6) is 0. The number of rotatable bonds is 10. The van der Waals surface area contributed by atoms with Crippen LogP contribution in [0.15, 0.2) is 206 Å². The summed E-state index contributed by atoms with van der Waals surface area (Å²) in [6.07, 6.45) is -0.0289. The fourth-order valence-electron chi connectivity index (χ4n) is 8.81. The number of hydrogen-bond acceptors (Lipinski definition) is 4. The first-order valence-corrected chi connectivity index (χ1v) is 19.2. The highest BCUT2D eigenvalue weighted by molar-refractivity contribution is 5.38. The van der Waals surface area contributed by atoms with Crippen LogP contribution in [0, 0.1) is 0 Å². The van der Waals surface area contributed by atoms with Gasteiger partial charge in [-0.15, -0.1) is 0 Å². The second-order valence-corrected chi connectivity index (χ2v) is 14.6. The van der Waals surface area contributed by atoms with E-state index in [1.807, 2.05) is 0 Å². The molecule has 2 aliphatic rings. The average Bonchev–Trinajstić information content (AvgIpc) is 3.82. The summed E-state index contributed by atoms with van der Waals surface area (Å²) in [4.78, 5) is 5.34. The van der Waals surface area contributed by atoms with Crippen LogP contribution in [0.2, 0.25) is 0 Å². The molecule has 0 bridgehead atoms. The lowest BCUT2D eigenvalue weighted by Crippen LogP contribution is -2.30. The van der Waals surface area contributed by atoms with Crippen LogP contribution in [0.1, 0.15) is 81.0 Å². The van der Waals surface area contributed by atoms with Crippen molar-refractivity contribution < 1.29 is 0 Å². The number of benzene rings is 7. The summed E-state index contributed by atoms with van der Waals surface area (Å²) in [5, 5.41) is 8.34. The Kier molecular flexibility index (Phi) is 9.98. The van der Waals surface area contributed by atoms with Crippen LogP contribution in [0.4, 0.5) is 0 Å². The lowest BCUT2D eigenvalue weighted by molar-refractivity contribution is 0.171. The molecule has 2 fully saturated rings. The number of nitrogens with one attached hydrogen (secondary N) is 2. The van der Waals surface area contributed by atoms with Crippen LogP contribution in [0.5, 0.6) is 0 Å².